The van der Waals surface area contributed by atoms with Gasteiger partial charge in [0.2, 0.25) is 0 Å². The minimum absolute atomic E-state index is 0.585. The number of nitrogens with zero attached hydrogens (tertiary/aromatic N) is 1. The first kappa shape index (κ1) is 12.9. The molecule has 0 amide bonds. The lowest BCUT2D eigenvalue weighted by molar-refractivity contribution is 0.200. The number of nitrogens with one attached hydrogen (secondary N) is 1. The SMILES string of the molecule is ClCCCN1CCNC(Cc2ccccc2)C1. The van der Waals surface area contributed by atoms with E-state index in [9.17, 15) is 0 Å². The smallest absolute Gasteiger partial charge is 0.0235 e. The Morgan fingerprint density at radius 3 is 2.88 bits per heavy atom. The van der Waals surface area contributed by atoms with Crippen LogP contribution in [0.3, 0.4) is 0 Å². The Kier molecular flexibility index (Phi) is 5.30. The third-order valence-corrected chi connectivity index (χ3v) is 3.54. The van der Waals surface area contributed by atoms with Crippen molar-refractivity contribution in [3.05, 3.63) is 35.9 Å². The zero-order valence-electron chi connectivity index (χ0n) is 10.2. The van der Waals surface area contributed by atoms with Crippen LogP contribution in [-0.4, -0.2) is 43.0 Å². The topological polar surface area (TPSA) is 15.3 Å². The van der Waals surface area contributed by atoms with E-state index in [1.54, 1.807) is 0 Å². The average Bonchev–Trinajstić information content (AvgIpc) is 2.38. The van der Waals surface area contributed by atoms with Crippen LogP contribution in [0.2, 0.25) is 0 Å². The van der Waals surface area contributed by atoms with Crippen LogP contribution in [0, 0.1) is 0 Å². The van der Waals surface area contributed by atoms with Crippen LogP contribution in [0.4, 0.5) is 0 Å². The molecule has 2 nitrogen and oxygen atoms in total. The third kappa shape index (κ3) is 4.30. The summed E-state index contributed by atoms with van der Waals surface area (Å²) in [6, 6.07) is 11.3. The van der Waals surface area contributed by atoms with Gasteiger partial charge in [0.1, 0.15) is 0 Å². The van der Waals surface area contributed by atoms with Crippen molar-refractivity contribution in [2.75, 3.05) is 32.1 Å². The molecule has 1 unspecified atom stereocenters. The zero-order valence-corrected chi connectivity index (χ0v) is 11.0. The standard InChI is InChI=1S/C14H21ClN2/c15-7-4-9-17-10-8-16-14(12-17)11-13-5-2-1-3-6-13/h1-3,5-6,14,16H,4,7-12H2. The molecule has 1 fully saturated rings. The fourth-order valence-electron chi connectivity index (χ4n) is 2.42. The highest BCUT2D eigenvalue weighted by molar-refractivity contribution is 6.17. The number of rotatable bonds is 5. The first-order chi connectivity index (χ1) is 8.38. The van der Waals surface area contributed by atoms with Crippen LogP contribution >= 0.6 is 11.6 Å². The van der Waals surface area contributed by atoms with Gasteiger partial charge in [-0.3, -0.25) is 0 Å². The molecule has 1 N–H and O–H groups in total. The lowest BCUT2D eigenvalue weighted by atomic mass is 10.0. The highest BCUT2D eigenvalue weighted by atomic mass is 35.5. The molecular formula is C14H21ClN2. The summed E-state index contributed by atoms with van der Waals surface area (Å²) in [6.45, 7) is 4.53. The highest BCUT2D eigenvalue weighted by Gasteiger charge is 2.18. The zero-order chi connectivity index (χ0) is 11.9. The molecule has 0 spiro atoms. The highest BCUT2D eigenvalue weighted by Crippen LogP contribution is 2.08. The van der Waals surface area contributed by atoms with Crippen molar-refractivity contribution in [2.45, 2.75) is 18.9 Å². The fraction of sp³-hybridized carbons (Fsp3) is 0.571. The van der Waals surface area contributed by atoms with Crippen LogP contribution < -0.4 is 5.32 Å². The maximum atomic E-state index is 5.74. The van der Waals surface area contributed by atoms with Gasteiger partial charge >= 0.3 is 0 Å². The van der Waals surface area contributed by atoms with E-state index < -0.39 is 0 Å². The predicted octanol–water partition coefficient (Wildman–Crippen LogP) is 2.13. The Labute approximate surface area is 109 Å². The van der Waals surface area contributed by atoms with Crippen molar-refractivity contribution < 1.29 is 0 Å². The van der Waals surface area contributed by atoms with E-state index in [1.165, 1.54) is 5.56 Å². The summed E-state index contributed by atoms with van der Waals surface area (Å²) in [5.41, 5.74) is 1.42. The molecule has 3 heteroatoms. The largest absolute Gasteiger partial charge is 0.311 e. The molecule has 1 aromatic rings. The van der Waals surface area contributed by atoms with E-state index in [0.717, 1.165) is 44.9 Å². The lowest BCUT2D eigenvalue weighted by Gasteiger charge is -2.33. The van der Waals surface area contributed by atoms with E-state index >= 15 is 0 Å². The van der Waals surface area contributed by atoms with E-state index in [1.807, 2.05) is 0 Å². The van der Waals surface area contributed by atoms with Crippen molar-refractivity contribution in [2.24, 2.45) is 0 Å². The molecule has 1 saturated heterocycles. The second-order valence-corrected chi connectivity index (χ2v) is 5.06. The second kappa shape index (κ2) is 7.00. The van der Waals surface area contributed by atoms with Crippen LogP contribution in [0.5, 0.6) is 0 Å². The predicted molar refractivity (Wildman–Crippen MR) is 73.7 cm³/mol. The van der Waals surface area contributed by atoms with Crippen molar-refractivity contribution in [1.29, 1.82) is 0 Å². The molecule has 0 bridgehead atoms. The molecule has 1 atom stereocenters. The maximum absolute atomic E-state index is 5.74. The first-order valence-electron chi connectivity index (χ1n) is 6.44. The molecule has 94 valence electrons. The minimum Gasteiger partial charge on any atom is -0.311 e. The number of hydrogen-bond donors (Lipinski definition) is 1. The molecule has 2 rings (SSSR count). The maximum Gasteiger partial charge on any atom is 0.0235 e. The summed E-state index contributed by atoms with van der Waals surface area (Å²) < 4.78 is 0. The lowest BCUT2D eigenvalue weighted by Crippen LogP contribution is -2.51. The van der Waals surface area contributed by atoms with Gasteiger partial charge in [-0.05, 0) is 24.9 Å². The average molecular weight is 253 g/mol. The van der Waals surface area contributed by atoms with Gasteiger partial charge in [0.25, 0.3) is 0 Å². The van der Waals surface area contributed by atoms with Gasteiger partial charge in [-0.15, -0.1) is 11.6 Å². The Bertz CT molecular complexity index is 315. The van der Waals surface area contributed by atoms with E-state index in [-0.39, 0.29) is 0 Å². The van der Waals surface area contributed by atoms with Gasteiger partial charge in [-0.2, -0.15) is 0 Å². The van der Waals surface area contributed by atoms with Crippen LogP contribution in [0.1, 0.15) is 12.0 Å². The van der Waals surface area contributed by atoms with Gasteiger partial charge in [0.15, 0.2) is 0 Å². The van der Waals surface area contributed by atoms with Gasteiger partial charge in [0.05, 0.1) is 0 Å². The third-order valence-electron chi connectivity index (χ3n) is 3.27. The van der Waals surface area contributed by atoms with Gasteiger partial charge in [-0.25, -0.2) is 0 Å². The summed E-state index contributed by atoms with van der Waals surface area (Å²) in [7, 11) is 0. The molecule has 0 saturated carbocycles. The molecule has 1 aliphatic heterocycles. The molecule has 0 aliphatic carbocycles. The molecule has 0 radical (unpaired) electrons. The quantitative estimate of drug-likeness (QED) is 0.808. The van der Waals surface area contributed by atoms with E-state index in [0.29, 0.717) is 6.04 Å². The summed E-state index contributed by atoms with van der Waals surface area (Å²) in [5.74, 6) is 0.771. The summed E-state index contributed by atoms with van der Waals surface area (Å²) in [5, 5.41) is 3.60. The first-order valence-corrected chi connectivity index (χ1v) is 6.97. The summed E-state index contributed by atoms with van der Waals surface area (Å²) in [6.07, 6.45) is 2.22. The van der Waals surface area contributed by atoms with Crippen molar-refractivity contribution >= 4 is 11.6 Å². The monoisotopic (exact) mass is 252 g/mol. The van der Waals surface area contributed by atoms with Gasteiger partial charge < -0.3 is 10.2 Å². The number of piperazine rings is 1. The molecule has 1 aliphatic rings. The van der Waals surface area contributed by atoms with Crippen LogP contribution in [-0.2, 0) is 6.42 Å². The van der Waals surface area contributed by atoms with E-state index in [4.69, 9.17) is 11.6 Å². The number of halogens is 1. The molecule has 0 aromatic heterocycles. The van der Waals surface area contributed by atoms with Crippen molar-refractivity contribution in [1.82, 2.24) is 10.2 Å². The Morgan fingerprint density at radius 2 is 2.12 bits per heavy atom. The summed E-state index contributed by atoms with van der Waals surface area (Å²) in [4.78, 5) is 2.52. The van der Waals surface area contributed by atoms with Crippen LogP contribution in [0.25, 0.3) is 0 Å². The Hall–Kier alpha value is -0.570. The minimum atomic E-state index is 0.585. The Balaban J connectivity index is 1.81. The second-order valence-electron chi connectivity index (χ2n) is 4.68. The van der Waals surface area contributed by atoms with Crippen molar-refractivity contribution in [3.8, 4) is 0 Å². The fourth-order valence-corrected chi connectivity index (χ4v) is 2.54. The van der Waals surface area contributed by atoms with Crippen LogP contribution in [0.15, 0.2) is 30.3 Å². The molecule has 1 heterocycles. The summed E-state index contributed by atoms with van der Waals surface area (Å²) >= 11 is 5.74. The molecule has 1 aromatic carbocycles. The Morgan fingerprint density at radius 1 is 1.29 bits per heavy atom. The molecule has 17 heavy (non-hydrogen) atoms. The van der Waals surface area contributed by atoms with Gasteiger partial charge in [0, 0.05) is 31.6 Å². The number of benzene rings is 1. The molecular weight excluding hydrogens is 232 g/mol. The number of alkyl halides is 1. The van der Waals surface area contributed by atoms with Gasteiger partial charge in [-0.1, -0.05) is 30.3 Å². The van der Waals surface area contributed by atoms with Crippen molar-refractivity contribution in [3.63, 3.8) is 0 Å². The number of hydrogen-bond acceptors (Lipinski definition) is 2. The normalized spacial score (nSPS) is 21.6. The van der Waals surface area contributed by atoms with E-state index in [2.05, 4.69) is 40.5 Å².